The molecule has 0 unspecified atom stereocenters. The molecule has 0 spiro atoms. The van der Waals surface area contributed by atoms with Crippen molar-refractivity contribution in [2.45, 2.75) is 25.7 Å². The van der Waals surface area contributed by atoms with Crippen LogP contribution in [0.15, 0.2) is 24.3 Å². The molecule has 0 saturated heterocycles. The van der Waals surface area contributed by atoms with E-state index in [1.807, 2.05) is 0 Å². The Morgan fingerprint density at radius 3 is 2.50 bits per heavy atom. The molecular formula is C17H24N2O5. The molecule has 0 heterocycles. The molecule has 0 fully saturated rings. The van der Waals surface area contributed by atoms with E-state index in [1.54, 1.807) is 38.4 Å². The number of para-hydroxylation sites is 1. The maximum atomic E-state index is 12.2. The van der Waals surface area contributed by atoms with Crippen LogP contribution in [0.4, 0.5) is 0 Å². The van der Waals surface area contributed by atoms with Crippen LogP contribution in [0.1, 0.15) is 36.0 Å². The van der Waals surface area contributed by atoms with Crippen LogP contribution >= 0.6 is 0 Å². The minimum atomic E-state index is -0.808. The van der Waals surface area contributed by atoms with E-state index < -0.39 is 5.97 Å². The molecule has 2 N–H and O–H groups in total. The van der Waals surface area contributed by atoms with Crippen LogP contribution in [0, 0.1) is 0 Å². The van der Waals surface area contributed by atoms with Crippen molar-refractivity contribution < 1.29 is 24.2 Å². The van der Waals surface area contributed by atoms with Crippen molar-refractivity contribution in [1.29, 1.82) is 0 Å². The first kappa shape index (κ1) is 19.5. The lowest BCUT2D eigenvalue weighted by Crippen LogP contribution is -2.29. The molecule has 7 nitrogen and oxygen atoms in total. The molecule has 0 atom stereocenters. The van der Waals surface area contributed by atoms with Gasteiger partial charge in [0.05, 0.1) is 5.56 Å². The second-order valence-corrected chi connectivity index (χ2v) is 5.53. The Balaban J connectivity index is 2.46. The van der Waals surface area contributed by atoms with Crippen molar-refractivity contribution in [2.75, 3.05) is 27.2 Å². The molecule has 1 aromatic carbocycles. The molecule has 1 rings (SSSR count). The highest BCUT2D eigenvalue weighted by Gasteiger charge is 2.13. The Morgan fingerprint density at radius 1 is 1.12 bits per heavy atom. The van der Waals surface area contributed by atoms with Gasteiger partial charge in [-0.3, -0.25) is 14.4 Å². The number of likely N-dealkylation sites (N-methyl/N-ethyl adjacent to an activating group) is 1. The minimum Gasteiger partial charge on any atom is -0.483 e. The van der Waals surface area contributed by atoms with Crippen molar-refractivity contribution >= 4 is 17.8 Å². The maximum absolute atomic E-state index is 12.2. The second-order valence-electron chi connectivity index (χ2n) is 5.53. The third-order valence-corrected chi connectivity index (χ3v) is 3.33. The van der Waals surface area contributed by atoms with Crippen molar-refractivity contribution in [2.24, 2.45) is 0 Å². The summed E-state index contributed by atoms with van der Waals surface area (Å²) in [6.45, 7) is 0.329. The van der Waals surface area contributed by atoms with Crippen molar-refractivity contribution in [3.8, 4) is 5.75 Å². The monoisotopic (exact) mass is 336 g/mol. The van der Waals surface area contributed by atoms with Crippen LogP contribution < -0.4 is 10.1 Å². The summed E-state index contributed by atoms with van der Waals surface area (Å²) in [5, 5.41) is 11.3. The average molecular weight is 336 g/mol. The number of nitrogens with one attached hydrogen (secondary N) is 1. The van der Waals surface area contributed by atoms with E-state index in [1.165, 1.54) is 4.90 Å². The summed E-state index contributed by atoms with van der Waals surface area (Å²) in [6, 6.07) is 6.74. The summed E-state index contributed by atoms with van der Waals surface area (Å²) in [5.74, 6) is -0.918. The zero-order valence-electron chi connectivity index (χ0n) is 14.1. The third-order valence-electron chi connectivity index (χ3n) is 3.33. The summed E-state index contributed by atoms with van der Waals surface area (Å²) in [7, 11) is 3.27. The summed E-state index contributed by atoms with van der Waals surface area (Å²) >= 11 is 0. The van der Waals surface area contributed by atoms with Crippen LogP contribution in [0.25, 0.3) is 0 Å². The number of rotatable bonds is 10. The van der Waals surface area contributed by atoms with Gasteiger partial charge in [-0.25, -0.2) is 0 Å². The molecular weight excluding hydrogens is 312 g/mol. The van der Waals surface area contributed by atoms with Gasteiger partial charge in [0.25, 0.3) is 11.8 Å². The van der Waals surface area contributed by atoms with Gasteiger partial charge in [0.15, 0.2) is 6.61 Å². The highest BCUT2D eigenvalue weighted by molar-refractivity contribution is 5.97. The van der Waals surface area contributed by atoms with Crippen LogP contribution in [0.2, 0.25) is 0 Å². The first-order valence-corrected chi connectivity index (χ1v) is 7.83. The Labute approximate surface area is 141 Å². The van der Waals surface area contributed by atoms with E-state index in [0.717, 1.165) is 6.42 Å². The summed E-state index contributed by atoms with van der Waals surface area (Å²) < 4.78 is 5.44. The SMILES string of the molecule is CN(C)C(=O)COc1ccccc1C(=O)NCCCCCC(=O)O. The fourth-order valence-corrected chi connectivity index (χ4v) is 1.92. The van der Waals surface area contributed by atoms with E-state index in [-0.39, 0.29) is 24.8 Å². The predicted octanol–water partition coefficient (Wildman–Crippen LogP) is 1.53. The van der Waals surface area contributed by atoms with E-state index in [9.17, 15) is 14.4 Å². The molecule has 1 aromatic rings. The van der Waals surface area contributed by atoms with Crippen LogP contribution in [-0.2, 0) is 9.59 Å². The molecule has 132 valence electrons. The molecule has 0 aliphatic carbocycles. The van der Waals surface area contributed by atoms with Gasteiger partial charge in [-0.05, 0) is 25.0 Å². The first-order chi connectivity index (χ1) is 11.4. The maximum Gasteiger partial charge on any atom is 0.303 e. The number of benzene rings is 1. The van der Waals surface area contributed by atoms with Gasteiger partial charge >= 0.3 is 5.97 Å². The van der Waals surface area contributed by atoms with Gasteiger partial charge in [0.1, 0.15) is 5.75 Å². The third kappa shape index (κ3) is 7.13. The number of amides is 2. The second kappa shape index (κ2) is 10.3. The Hall–Kier alpha value is -2.57. The van der Waals surface area contributed by atoms with Gasteiger partial charge in [0.2, 0.25) is 0 Å². The largest absolute Gasteiger partial charge is 0.483 e. The van der Waals surface area contributed by atoms with E-state index in [0.29, 0.717) is 30.7 Å². The average Bonchev–Trinajstić information content (AvgIpc) is 2.55. The molecule has 0 aliphatic heterocycles. The Bertz CT molecular complexity index is 572. The normalized spacial score (nSPS) is 10.1. The highest BCUT2D eigenvalue weighted by atomic mass is 16.5. The lowest BCUT2D eigenvalue weighted by atomic mass is 10.1. The molecule has 7 heteroatoms. The fourth-order valence-electron chi connectivity index (χ4n) is 1.92. The van der Waals surface area contributed by atoms with Crippen LogP contribution in [0.3, 0.4) is 0 Å². The number of nitrogens with zero attached hydrogens (tertiary/aromatic N) is 1. The lowest BCUT2D eigenvalue weighted by molar-refractivity contribution is -0.137. The molecule has 0 saturated carbocycles. The molecule has 0 radical (unpaired) electrons. The van der Waals surface area contributed by atoms with Gasteiger partial charge in [0, 0.05) is 27.1 Å². The number of ether oxygens (including phenoxy) is 1. The molecule has 24 heavy (non-hydrogen) atoms. The zero-order chi connectivity index (χ0) is 17.9. The molecule has 2 amide bonds. The van der Waals surface area contributed by atoms with Crippen LogP contribution in [0.5, 0.6) is 5.75 Å². The topological polar surface area (TPSA) is 95.9 Å². The van der Waals surface area contributed by atoms with Crippen molar-refractivity contribution in [3.63, 3.8) is 0 Å². The quantitative estimate of drug-likeness (QED) is 0.632. The number of hydrogen-bond acceptors (Lipinski definition) is 4. The van der Waals surface area contributed by atoms with Gasteiger partial charge < -0.3 is 20.1 Å². The number of carboxylic acid groups (broad SMARTS) is 1. The molecule has 0 aliphatic rings. The van der Waals surface area contributed by atoms with Crippen molar-refractivity contribution in [3.05, 3.63) is 29.8 Å². The Morgan fingerprint density at radius 2 is 1.83 bits per heavy atom. The molecule has 0 aromatic heterocycles. The standard InChI is InChI=1S/C17H24N2O5/c1-19(2)15(20)12-24-14-9-6-5-8-13(14)17(23)18-11-7-3-4-10-16(21)22/h5-6,8-9H,3-4,7,10-12H2,1-2H3,(H,18,23)(H,21,22). The lowest BCUT2D eigenvalue weighted by Gasteiger charge is -2.14. The van der Waals surface area contributed by atoms with E-state index >= 15 is 0 Å². The Kier molecular flexibility index (Phi) is 8.32. The van der Waals surface area contributed by atoms with E-state index in [4.69, 9.17) is 9.84 Å². The van der Waals surface area contributed by atoms with Crippen LogP contribution in [-0.4, -0.2) is 55.0 Å². The number of aliphatic carboxylic acids is 1. The van der Waals surface area contributed by atoms with Gasteiger partial charge in [-0.2, -0.15) is 0 Å². The van der Waals surface area contributed by atoms with Gasteiger partial charge in [-0.15, -0.1) is 0 Å². The number of hydrogen-bond donors (Lipinski definition) is 2. The number of carbonyl (C=O) groups excluding carboxylic acids is 2. The summed E-state index contributed by atoms with van der Waals surface area (Å²) in [4.78, 5) is 35.6. The smallest absolute Gasteiger partial charge is 0.303 e. The molecule has 0 bridgehead atoms. The number of carboxylic acids is 1. The fraction of sp³-hybridized carbons (Fsp3) is 0.471. The van der Waals surface area contributed by atoms with Crippen molar-refractivity contribution in [1.82, 2.24) is 10.2 Å². The summed E-state index contributed by atoms with van der Waals surface area (Å²) in [5.41, 5.74) is 0.370. The summed E-state index contributed by atoms with van der Waals surface area (Å²) in [6.07, 6.45) is 2.19. The highest BCUT2D eigenvalue weighted by Crippen LogP contribution is 2.17. The first-order valence-electron chi connectivity index (χ1n) is 7.83. The van der Waals surface area contributed by atoms with Gasteiger partial charge in [-0.1, -0.05) is 18.6 Å². The predicted molar refractivity (Wildman–Crippen MR) is 89.1 cm³/mol. The zero-order valence-corrected chi connectivity index (χ0v) is 14.1. The number of carbonyl (C=O) groups is 3. The van der Waals surface area contributed by atoms with E-state index in [2.05, 4.69) is 5.32 Å². The number of unbranched alkanes of at least 4 members (excludes halogenated alkanes) is 2. The minimum absolute atomic E-state index is 0.132.